The maximum absolute atomic E-state index is 12.4. The van der Waals surface area contributed by atoms with Gasteiger partial charge in [0.1, 0.15) is 0 Å². The Morgan fingerprint density at radius 2 is 0.709 bits per heavy atom. The number of carbonyl (C=O) groups excluding carboxylic acids is 2. The van der Waals surface area contributed by atoms with Crippen molar-refractivity contribution in [1.82, 2.24) is 4.90 Å². The van der Waals surface area contributed by atoms with Crippen molar-refractivity contribution in [3.8, 4) is 0 Å². The number of ether oxygens (including phenoxy) is 2. The summed E-state index contributed by atoms with van der Waals surface area (Å²) < 4.78 is 11.3. The molecule has 1 heterocycles. The molecule has 1 aliphatic heterocycles. The van der Waals surface area contributed by atoms with Crippen LogP contribution in [0.3, 0.4) is 0 Å². The fourth-order valence-electron chi connectivity index (χ4n) is 8.90. The molecule has 0 aromatic rings. The van der Waals surface area contributed by atoms with Crippen molar-refractivity contribution in [2.75, 3.05) is 32.8 Å². The van der Waals surface area contributed by atoms with E-state index in [-0.39, 0.29) is 11.9 Å². The molecule has 0 N–H and O–H groups in total. The molecule has 0 aromatic heterocycles. The molecule has 0 bridgehead atoms. The minimum absolute atomic E-state index is 0.0229. The SMILES string of the molecule is CCCCCC(CCCCC)CCOC(=O)CCCCCCCCCC(CCCCCCCC(=O)OCCC(CCCCC)CCCCC)CN1CCCC1. The van der Waals surface area contributed by atoms with E-state index < -0.39 is 0 Å². The molecular weight excluding hydrogens is 679 g/mol. The Hall–Kier alpha value is -1.10. The third-order valence-corrected chi connectivity index (χ3v) is 12.6. The average molecular weight is 776 g/mol. The van der Waals surface area contributed by atoms with Crippen LogP contribution in [-0.4, -0.2) is 49.7 Å². The van der Waals surface area contributed by atoms with Crippen LogP contribution >= 0.6 is 0 Å². The summed E-state index contributed by atoms with van der Waals surface area (Å²) in [5.74, 6) is 2.35. The first-order valence-electron chi connectivity index (χ1n) is 25.1. The monoisotopic (exact) mass is 776 g/mol. The highest BCUT2D eigenvalue weighted by atomic mass is 16.5. The van der Waals surface area contributed by atoms with Crippen molar-refractivity contribution < 1.29 is 19.1 Å². The molecule has 0 saturated carbocycles. The van der Waals surface area contributed by atoms with Crippen molar-refractivity contribution in [1.29, 1.82) is 0 Å². The quantitative estimate of drug-likeness (QED) is 0.0456. The molecule has 1 unspecified atom stereocenters. The van der Waals surface area contributed by atoms with Gasteiger partial charge in [-0.2, -0.15) is 0 Å². The summed E-state index contributed by atoms with van der Waals surface area (Å²) in [6.07, 6.45) is 44.5. The van der Waals surface area contributed by atoms with Gasteiger partial charge in [-0.25, -0.2) is 0 Å². The molecule has 55 heavy (non-hydrogen) atoms. The smallest absolute Gasteiger partial charge is 0.305 e. The molecule has 1 fully saturated rings. The van der Waals surface area contributed by atoms with Gasteiger partial charge in [-0.15, -0.1) is 0 Å². The van der Waals surface area contributed by atoms with Crippen LogP contribution < -0.4 is 0 Å². The zero-order valence-electron chi connectivity index (χ0n) is 37.8. The van der Waals surface area contributed by atoms with E-state index in [1.54, 1.807) is 0 Å². The largest absolute Gasteiger partial charge is 0.466 e. The number of unbranched alkanes of at least 4 members (excludes halogenated alkanes) is 18. The molecule has 1 atom stereocenters. The first-order valence-corrected chi connectivity index (χ1v) is 25.1. The number of hydrogen-bond acceptors (Lipinski definition) is 5. The Bertz CT molecular complexity index is 807. The number of hydrogen-bond donors (Lipinski definition) is 0. The summed E-state index contributed by atoms with van der Waals surface area (Å²) in [6, 6.07) is 0. The second-order valence-corrected chi connectivity index (χ2v) is 17.9. The molecular formula is C50H97NO4. The predicted molar refractivity (Wildman–Crippen MR) is 238 cm³/mol. The predicted octanol–water partition coefficient (Wildman–Crippen LogP) is 15.4. The van der Waals surface area contributed by atoms with Gasteiger partial charge in [0.15, 0.2) is 0 Å². The van der Waals surface area contributed by atoms with Gasteiger partial charge in [0, 0.05) is 19.4 Å². The van der Waals surface area contributed by atoms with Crippen LogP contribution in [0.5, 0.6) is 0 Å². The Labute approximate surface area is 344 Å². The number of likely N-dealkylation sites (tertiary alicyclic amines) is 1. The molecule has 1 rings (SSSR count). The molecule has 5 heteroatoms. The molecule has 0 spiro atoms. The van der Waals surface area contributed by atoms with Crippen molar-refractivity contribution in [3.05, 3.63) is 0 Å². The fraction of sp³-hybridized carbons (Fsp3) is 0.960. The minimum Gasteiger partial charge on any atom is -0.466 e. The minimum atomic E-state index is 0.0229. The van der Waals surface area contributed by atoms with E-state index in [9.17, 15) is 9.59 Å². The Balaban J connectivity index is 2.12. The zero-order valence-corrected chi connectivity index (χ0v) is 37.8. The highest BCUT2D eigenvalue weighted by Crippen LogP contribution is 2.24. The molecule has 1 aliphatic rings. The molecule has 326 valence electrons. The van der Waals surface area contributed by atoms with E-state index >= 15 is 0 Å². The van der Waals surface area contributed by atoms with Gasteiger partial charge in [-0.1, -0.05) is 195 Å². The summed E-state index contributed by atoms with van der Waals surface area (Å²) in [5, 5.41) is 0. The van der Waals surface area contributed by atoms with Gasteiger partial charge in [0.05, 0.1) is 13.2 Å². The third kappa shape index (κ3) is 33.6. The third-order valence-electron chi connectivity index (χ3n) is 12.6. The molecule has 0 radical (unpaired) electrons. The number of rotatable bonds is 42. The van der Waals surface area contributed by atoms with Crippen molar-refractivity contribution >= 4 is 11.9 Å². The maximum atomic E-state index is 12.4. The van der Waals surface area contributed by atoms with Crippen LogP contribution in [0.25, 0.3) is 0 Å². The van der Waals surface area contributed by atoms with E-state index in [1.807, 2.05) is 0 Å². The molecule has 5 nitrogen and oxygen atoms in total. The highest BCUT2D eigenvalue weighted by molar-refractivity contribution is 5.69. The lowest BCUT2D eigenvalue weighted by Crippen LogP contribution is -2.26. The second-order valence-electron chi connectivity index (χ2n) is 17.9. The summed E-state index contributed by atoms with van der Waals surface area (Å²) in [6.45, 7) is 14.3. The highest BCUT2D eigenvalue weighted by Gasteiger charge is 2.18. The van der Waals surface area contributed by atoms with Gasteiger partial charge in [-0.05, 0) is 82.2 Å². The number of carbonyl (C=O) groups is 2. The average Bonchev–Trinajstić information content (AvgIpc) is 3.70. The standard InChI is InChI=1S/C50H97NO4/c1-5-9-21-31-46(32-22-10-6-2)39-43-54-49(52)37-27-19-15-13-14-17-25-35-48(45-51-41-29-30-42-51)36-26-18-16-20-28-38-50(53)55-44-40-47(33-23-11-7-3)34-24-12-8-4/h46-48H,5-45H2,1-4H3. The number of esters is 2. The van der Waals surface area contributed by atoms with Crippen molar-refractivity contribution in [3.63, 3.8) is 0 Å². The van der Waals surface area contributed by atoms with Gasteiger partial charge < -0.3 is 14.4 Å². The summed E-state index contributed by atoms with van der Waals surface area (Å²) >= 11 is 0. The maximum Gasteiger partial charge on any atom is 0.305 e. The van der Waals surface area contributed by atoms with E-state index in [2.05, 4.69) is 32.6 Å². The van der Waals surface area contributed by atoms with Gasteiger partial charge in [0.25, 0.3) is 0 Å². The Morgan fingerprint density at radius 1 is 0.400 bits per heavy atom. The molecule has 0 aromatic carbocycles. The fourth-order valence-corrected chi connectivity index (χ4v) is 8.90. The Kier molecular flexibility index (Phi) is 37.5. The molecule has 1 saturated heterocycles. The van der Waals surface area contributed by atoms with Crippen LogP contribution in [0.2, 0.25) is 0 Å². The van der Waals surface area contributed by atoms with E-state index in [0.717, 1.165) is 56.3 Å². The van der Waals surface area contributed by atoms with Crippen LogP contribution in [0.4, 0.5) is 0 Å². The van der Waals surface area contributed by atoms with Crippen LogP contribution in [0, 0.1) is 17.8 Å². The topological polar surface area (TPSA) is 55.8 Å². The van der Waals surface area contributed by atoms with Crippen LogP contribution in [-0.2, 0) is 19.1 Å². The Morgan fingerprint density at radius 3 is 1.07 bits per heavy atom. The van der Waals surface area contributed by atoms with E-state index in [0.29, 0.717) is 26.1 Å². The van der Waals surface area contributed by atoms with Gasteiger partial charge in [0.2, 0.25) is 0 Å². The summed E-state index contributed by atoms with van der Waals surface area (Å²) in [4.78, 5) is 27.4. The van der Waals surface area contributed by atoms with E-state index in [1.165, 1.54) is 199 Å². The van der Waals surface area contributed by atoms with Crippen LogP contribution in [0.1, 0.15) is 259 Å². The van der Waals surface area contributed by atoms with E-state index in [4.69, 9.17) is 9.47 Å². The molecule has 0 amide bonds. The van der Waals surface area contributed by atoms with Gasteiger partial charge >= 0.3 is 11.9 Å². The summed E-state index contributed by atoms with van der Waals surface area (Å²) in [5.41, 5.74) is 0. The zero-order chi connectivity index (χ0) is 39.9. The lowest BCUT2D eigenvalue weighted by atomic mass is 9.92. The van der Waals surface area contributed by atoms with Crippen molar-refractivity contribution in [2.45, 2.75) is 259 Å². The lowest BCUT2D eigenvalue weighted by Gasteiger charge is -2.23. The first-order chi connectivity index (χ1) is 27.0. The summed E-state index contributed by atoms with van der Waals surface area (Å²) in [7, 11) is 0. The first kappa shape index (κ1) is 51.9. The second kappa shape index (κ2) is 39.7. The number of nitrogens with zero attached hydrogens (tertiary/aromatic N) is 1. The normalized spacial score (nSPS) is 14.0. The van der Waals surface area contributed by atoms with Crippen LogP contribution in [0.15, 0.2) is 0 Å². The van der Waals surface area contributed by atoms with Crippen molar-refractivity contribution in [2.24, 2.45) is 17.8 Å². The lowest BCUT2D eigenvalue weighted by molar-refractivity contribution is -0.145. The molecule has 0 aliphatic carbocycles. The van der Waals surface area contributed by atoms with Gasteiger partial charge in [-0.3, -0.25) is 9.59 Å².